The molecule has 27 nitrogen and oxygen atoms in total. The molecular weight excluding hydrogens is 1220 g/mol. The number of nitriles is 2. The highest BCUT2D eigenvalue weighted by atomic mass is 35.5. The first-order valence-electron chi connectivity index (χ1n) is 29.9. The van der Waals surface area contributed by atoms with Crippen LogP contribution in [0, 0.1) is 22.7 Å². The minimum absolute atomic E-state index is 0. The van der Waals surface area contributed by atoms with Gasteiger partial charge in [-0.15, -0.1) is 12.4 Å². The van der Waals surface area contributed by atoms with Crippen LogP contribution in [0.1, 0.15) is 179 Å². The minimum Gasteiger partial charge on any atom is -0.481 e. The molecule has 13 rings (SSSR count). The zero-order valence-electron chi connectivity index (χ0n) is 52.6. The van der Waals surface area contributed by atoms with E-state index in [-0.39, 0.29) is 72.1 Å². The van der Waals surface area contributed by atoms with E-state index in [0.717, 1.165) is 96.7 Å². The van der Waals surface area contributed by atoms with E-state index in [1.54, 1.807) is 98.5 Å². The second kappa shape index (κ2) is 32.6. The molecule has 0 unspecified atom stereocenters. The summed E-state index contributed by atoms with van der Waals surface area (Å²) in [5, 5.41) is 74.3. The van der Waals surface area contributed by atoms with Crippen molar-refractivity contribution in [3.63, 3.8) is 0 Å². The van der Waals surface area contributed by atoms with Crippen LogP contribution < -0.4 is 27.4 Å². The van der Waals surface area contributed by atoms with Gasteiger partial charge in [-0.2, -0.15) is 35.9 Å². The number of nitrogens with one attached hydrogen (secondary N) is 3. The van der Waals surface area contributed by atoms with E-state index in [1.807, 2.05) is 61.5 Å². The number of carbonyl (C=O) groups excluding carboxylic acids is 3. The molecule has 4 atom stereocenters. The van der Waals surface area contributed by atoms with Gasteiger partial charge in [-0.05, 0) is 132 Å². The van der Waals surface area contributed by atoms with Gasteiger partial charge in [-0.3, -0.25) is 37.9 Å². The third-order valence-corrected chi connectivity index (χ3v) is 15.7. The van der Waals surface area contributed by atoms with Crippen LogP contribution >= 0.6 is 12.4 Å². The number of aliphatic carboxylic acids is 1. The van der Waals surface area contributed by atoms with Gasteiger partial charge < -0.3 is 47.4 Å². The summed E-state index contributed by atoms with van der Waals surface area (Å²) >= 11 is 0. The van der Waals surface area contributed by atoms with Gasteiger partial charge in [0.1, 0.15) is 0 Å². The fourth-order valence-electron chi connectivity index (χ4n) is 10.8. The molecule has 5 heterocycles. The van der Waals surface area contributed by atoms with Gasteiger partial charge >= 0.3 is 11.9 Å². The Balaban J connectivity index is 0.000000168. The van der Waals surface area contributed by atoms with Gasteiger partial charge in [-0.25, -0.2) is 4.79 Å². The number of aromatic nitrogens is 10. The normalized spacial score (nSPS) is 15.7. The summed E-state index contributed by atoms with van der Waals surface area (Å²) in [6, 6.07) is 27.6. The molecule has 4 aromatic carbocycles. The van der Waals surface area contributed by atoms with Gasteiger partial charge in [0.05, 0.1) is 88.4 Å². The van der Waals surface area contributed by atoms with Gasteiger partial charge in [-0.1, -0.05) is 60.6 Å². The van der Waals surface area contributed by atoms with Crippen molar-refractivity contribution in [2.45, 2.75) is 102 Å². The molecule has 4 aliphatic carbocycles. The molecule has 0 radical (unpaired) electrons. The van der Waals surface area contributed by atoms with Crippen molar-refractivity contribution in [1.82, 2.24) is 65.2 Å². The lowest BCUT2D eigenvalue weighted by atomic mass is 10.0. The molecule has 9 aromatic rings. The lowest BCUT2D eigenvalue weighted by Gasteiger charge is -2.13. The van der Waals surface area contributed by atoms with E-state index in [0.29, 0.717) is 39.5 Å². The molecule has 488 valence electrons. The Hall–Kier alpha value is -11.3. The molecule has 10 N–H and O–H groups in total. The molecule has 0 spiro atoms. The third kappa shape index (κ3) is 18.2. The number of amidine groups is 1. The highest BCUT2D eigenvalue weighted by Crippen LogP contribution is 2.36. The number of rotatable bonds is 11. The van der Waals surface area contributed by atoms with E-state index < -0.39 is 11.9 Å². The zero-order valence-corrected chi connectivity index (χ0v) is 53.4. The Morgan fingerprint density at radius 2 is 0.979 bits per heavy atom. The average Bonchev–Trinajstić information content (AvgIpc) is 1.67. The zero-order chi connectivity index (χ0) is 66.9. The number of nitrogens with zero attached hydrogens (tertiary/aromatic N) is 13. The Bertz CT molecular complexity index is 4280. The summed E-state index contributed by atoms with van der Waals surface area (Å²) < 4.78 is 11.5. The van der Waals surface area contributed by atoms with Crippen LogP contribution in [0.25, 0.3) is 11.4 Å². The molecule has 0 saturated heterocycles. The lowest BCUT2D eigenvalue weighted by molar-refractivity contribution is -0.136. The molecule has 4 aliphatic rings. The van der Waals surface area contributed by atoms with Crippen molar-refractivity contribution < 1.29 is 43.9 Å². The van der Waals surface area contributed by atoms with Crippen LogP contribution in [0.4, 0.5) is 0 Å². The summed E-state index contributed by atoms with van der Waals surface area (Å²) in [6.45, 7) is 3.58. The Morgan fingerprint density at radius 1 is 0.585 bits per heavy atom. The summed E-state index contributed by atoms with van der Waals surface area (Å²) in [7, 11) is 7.03. The number of fused-ring (bicyclic) bond motifs is 4. The van der Waals surface area contributed by atoms with E-state index in [9.17, 15) is 24.0 Å². The molecule has 5 aromatic heterocycles. The molecular formula is C66H73ClN18O9. The Morgan fingerprint density at radius 3 is 1.36 bits per heavy atom. The van der Waals surface area contributed by atoms with Gasteiger partial charge in [0.15, 0.2) is 5.84 Å². The van der Waals surface area contributed by atoms with Crippen LogP contribution in [0.15, 0.2) is 132 Å². The first kappa shape index (κ1) is 70.2. The smallest absolute Gasteiger partial charge is 0.338 e. The number of amides is 3. The first-order valence-corrected chi connectivity index (χ1v) is 29.9. The van der Waals surface area contributed by atoms with Crippen molar-refractivity contribution in [3.05, 3.63) is 212 Å². The van der Waals surface area contributed by atoms with Gasteiger partial charge in [0.2, 0.25) is 11.7 Å². The standard InChI is InChI=1S/C18H19N5O2.C15H17N5O2.C15H14N4O.C10H10N2.C5H6N2O2.C3H6O2.ClH/c1-3-16-21-17(22-25-16)12-4-6-14-11(8-12)5-7-15(14)20-18(24)13-9-19-23(2)10-13;1-20-8-11(7-17-20)15(21)18-13-5-3-9-6-10(14(16)19-22)2-4-12(9)13;1-19-9-12(8-17-19)15(20)18-14-5-3-11-6-10(7-16)2-4-13(11)14;11-6-7-1-3-9-8(5-7)2-4-10(9)12;1-7-3-4(2-6-7)5(8)9;1-2-3(4)5;/h4,6,8-10,15H,3,5,7H2,1-2H3,(H,20,24);2,4,6-8,13,22H,3,5H2,1H3,(H2,16,19)(H,18,21);2,4,6,8-9,14H,3,5H2,1H3,(H,18,20);1,3,5,10H,2,4,12H2;2-3H,1H3,(H,8,9);2H2,1H3,(H,4,5);1H/t15-;13-;14-;10-;;;/m1111.../s1. The first-order chi connectivity index (χ1) is 44.7. The number of nitrogens with two attached hydrogens (primary N) is 2. The topological polar surface area (TPSA) is 404 Å². The fraction of sp³-hybridized carbons (Fsp3) is 0.303. The van der Waals surface area contributed by atoms with Crippen LogP contribution in [-0.2, 0) is 65.1 Å². The maximum Gasteiger partial charge on any atom is 0.338 e. The van der Waals surface area contributed by atoms with Crippen LogP contribution in [-0.4, -0.2) is 100 Å². The molecule has 28 heteroatoms. The van der Waals surface area contributed by atoms with Crippen LogP contribution in [0.3, 0.4) is 0 Å². The summed E-state index contributed by atoms with van der Waals surface area (Å²) in [5.74, 6) is -0.689. The Labute approximate surface area is 547 Å². The van der Waals surface area contributed by atoms with Crippen molar-refractivity contribution >= 4 is 47.9 Å². The number of aryl methyl sites for hydroxylation is 9. The summed E-state index contributed by atoms with van der Waals surface area (Å²) in [4.78, 5) is 60.6. The number of hydrogen-bond acceptors (Lipinski definition) is 17. The number of hydrogen-bond donors (Lipinski definition) is 8. The molecule has 3 amide bonds. The largest absolute Gasteiger partial charge is 0.481 e. The quantitative estimate of drug-likeness (QED) is 0.0267. The SMILES string of the molecule is CCC(=O)O.CCc1nc(-c2ccc3c(c2)CC[C@H]3NC(=O)c2cnn(C)c2)no1.Cl.Cn1cc(C(=O)N[C@@H]2CCc3cc(/C(N)=N/O)ccc32)cn1.Cn1cc(C(=O)N[C@@H]2CCc3cc(C#N)ccc32)cn1.Cn1cc(C(=O)O)cn1.N#Cc1ccc2c(c1)CC[C@H]2N. The van der Waals surface area contributed by atoms with E-state index in [1.165, 1.54) is 33.8 Å². The van der Waals surface area contributed by atoms with Crippen molar-refractivity contribution in [2.75, 3.05) is 0 Å². The summed E-state index contributed by atoms with van der Waals surface area (Å²) in [6.07, 6.45) is 20.8. The van der Waals surface area contributed by atoms with Gasteiger partial charge in [0, 0.05) is 83.0 Å². The predicted octanol–water partition coefficient (Wildman–Crippen LogP) is 7.62. The van der Waals surface area contributed by atoms with Crippen molar-refractivity contribution in [1.29, 1.82) is 10.5 Å². The molecule has 0 saturated carbocycles. The molecule has 0 bridgehead atoms. The molecule has 0 fully saturated rings. The Kier molecular flexibility index (Phi) is 24.4. The number of carboxylic acids is 2. The number of carbonyl (C=O) groups is 5. The number of halogens is 1. The van der Waals surface area contributed by atoms with E-state index in [4.69, 9.17) is 41.9 Å². The number of aromatic carboxylic acids is 1. The van der Waals surface area contributed by atoms with E-state index in [2.05, 4.69) is 69.8 Å². The highest BCUT2D eigenvalue weighted by molar-refractivity contribution is 5.98. The maximum atomic E-state index is 12.4. The minimum atomic E-state index is -0.942. The highest BCUT2D eigenvalue weighted by Gasteiger charge is 2.29. The average molecular weight is 1300 g/mol. The lowest BCUT2D eigenvalue weighted by Crippen LogP contribution is -2.26. The third-order valence-electron chi connectivity index (χ3n) is 15.7. The second-order valence-electron chi connectivity index (χ2n) is 22.2. The van der Waals surface area contributed by atoms with Crippen molar-refractivity contribution in [2.24, 2.45) is 44.8 Å². The monoisotopic (exact) mass is 1300 g/mol. The fourth-order valence-corrected chi connectivity index (χ4v) is 10.8. The number of oxime groups is 1. The van der Waals surface area contributed by atoms with Crippen LogP contribution in [0.5, 0.6) is 0 Å². The van der Waals surface area contributed by atoms with E-state index >= 15 is 0 Å². The number of carboxylic acid groups (broad SMARTS) is 2. The predicted molar refractivity (Wildman–Crippen MR) is 346 cm³/mol. The van der Waals surface area contributed by atoms with Crippen molar-refractivity contribution in [3.8, 4) is 23.5 Å². The summed E-state index contributed by atoms with van der Waals surface area (Å²) in [5.41, 5.74) is 25.7. The molecule has 0 aliphatic heterocycles. The van der Waals surface area contributed by atoms with Gasteiger partial charge in [0.25, 0.3) is 17.7 Å². The van der Waals surface area contributed by atoms with Crippen LogP contribution in [0.2, 0.25) is 0 Å². The second-order valence-corrected chi connectivity index (χ2v) is 22.2. The molecule has 94 heavy (non-hydrogen) atoms. The maximum absolute atomic E-state index is 12.4. The number of benzene rings is 4.